The van der Waals surface area contributed by atoms with Gasteiger partial charge in [0.05, 0.1) is 28.8 Å². The molecule has 1 atom stereocenters. The molecule has 1 aromatic heterocycles. The Morgan fingerprint density at radius 3 is 2.47 bits per heavy atom. The number of amides is 1. The summed E-state index contributed by atoms with van der Waals surface area (Å²) in [6, 6.07) is 6.79. The third-order valence-electron chi connectivity index (χ3n) is 7.14. The summed E-state index contributed by atoms with van der Waals surface area (Å²) in [5.41, 5.74) is -1.32. The van der Waals surface area contributed by atoms with Crippen LogP contribution in [0.5, 0.6) is 0 Å². The standard InChI is InChI=1S/C26H23F4N3O3/c1-14(15-2-3-15)33-13-16(12-31-33)19-6-5-18(11-20(19)23(34)35)32-24(36)25(8-9-25)21-7-4-17(10-22(21)27)26(28,29)30/h4-7,10-15H,2-3,8-9H2,1H3,(H,32,36)(H,34,35). The lowest BCUT2D eigenvalue weighted by atomic mass is 9.93. The summed E-state index contributed by atoms with van der Waals surface area (Å²) in [5.74, 6) is -2.33. The maximum Gasteiger partial charge on any atom is 0.416 e. The molecule has 10 heteroatoms. The summed E-state index contributed by atoms with van der Waals surface area (Å²) < 4.78 is 55.1. The van der Waals surface area contributed by atoms with Crippen molar-refractivity contribution in [1.82, 2.24) is 9.78 Å². The molecule has 0 aliphatic heterocycles. The second-order valence-electron chi connectivity index (χ2n) is 9.58. The summed E-state index contributed by atoms with van der Waals surface area (Å²) in [6.07, 6.45) is 1.53. The van der Waals surface area contributed by atoms with Crippen molar-refractivity contribution in [3.8, 4) is 11.1 Å². The highest BCUT2D eigenvalue weighted by Crippen LogP contribution is 2.50. The summed E-state index contributed by atoms with van der Waals surface area (Å²) in [6.45, 7) is 2.07. The van der Waals surface area contributed by atoms with Crippen LogP contribution < -0.4 is 5.32 Å². The largest absolute Gasteiger partial charge is 0.478 e. The summed E-state index contributed by atoms with van der Waals surface area (Å²) in [7, 11) is 0. The van der Waals surface area contributed by atoms with Crippen LogP contribution in [0, 0.1) is 11.7 Å². The van der Waals surface area contributed by atoms with Crippen molar-refractivity contribution in [2.75, 3.05) is 5.32 Å². The fraction of sp³-hybridized carbons (Fsp3) is 0.346. The van der Waals surface area contributed by atoms with E-state index in [-0.39, 0.29) is 35.7 Å². The zero-order chi connectivity index (χ0) is 25.8. The van der Waals surface area contributed by atoms with Gasteiger partial charge in [-0.2, -0.15) is 18.3 Å². The van der Waals surface area contributed by atoms with Crippen molar-refractivity contribution >= 4 is 17.6 Å². The van der Waals surface area contributed by atoms with E-state index in [1.807, 2.05) is 4.68 Å². The maximum atomic E-state index is 14.6. The first kappa shape index (κ1) is 24.0. The average Bonchev–Trinajstić information content (AvgIpc) is 3.75. The topological polar surface area (TPSA) is 84.2 Å². The van der Waals surface area contributed by atoms with Gasteiger partial charge >= 0.3 is 12.1 Å². The van der Waals surface area contributed by atoms with E-state index < -0.39 is 34.8 Å². The number of hydrogen-bond donors (Lipinski definition) is 2. The molecule has 2 aromatic carbocycles. The van der Waals surface area contributed by atoms with Crippen molar-refractivity contribution in [3.05, 3.63) is 71.3 Å². The lowest BCUT2D eigenvalue weighted by Crippen LogP contribution is -2.29. The quantitative estimate of drug-likeness (QED) is 0.386. The number of aromatic nitrogens is 2. The third kappa shape index (κ3) is 4.36. The Bertz CT molecular complexity index is 1360. The Hall–Kier alpha value is -3.69. The molecule has 2 fully saturated rings. The Morgan fingerprint density at radius 1 is 1.17 bits per heavy atom. The van der Waals surface area contributed by atoms with Gasteiger partial charge in [-0.3, -0.25) is 9.48 Å². The minimum Gasteiger partial charge on any atom is -0.478 e. The molecule has 1 unspecified atom stereocenters. The van der Waals surface area contributed by atoms with Gasteiger partial charge in [-0.25, -0.2) is 9.18 Å². The SMILES string of the molecule is CC(C1CC1)n1cc(-c2ccc(NC(=O)C3(c4ccc(C(F)(F)F)cc4F)CC3)cc2C(=O)O)cn1. The van der Waals surface area contributed by atoms with Gasteiger partial charge < -0.3 is 10.4 Å². The van der Waals surface area contributed by atoms with E-state index in [1.165, 1.54) is 6.07 Å². The second-order valence-corrected chi connectivity index (χ2v) is 9.58. The van der Waals surface area contributed by atoms with Crippen LogP contribution in [0.3, 0.4) is 0 Å². The Balaban J connectivity index is 1.39. The Labute approximate surface area is 203 Å². The molecule has 36 heavy (non-hydrogen) atoms. The van der Waals surface area contributed by atoms with Gasteiger partial charge in [0.1, 0.15) is 5.82 Å². The number of carbonyl (C=O) groups is 2. The molecule has 1 heterocycles. The number of aromatic carboxylic acids is 1. The monoisotopic (exact) mass is 501 g/mol. The number of hydrogen-bond acceptors (Lipinski definition) is 3. The third-order valence-corrected chi connectivity index (χ3v) is 7.14. The van der Waals surface area contributed by atoms with Crippen molar-refractivity contribution < 1.29 is 32.3 Å². The van der Waals surface area contributed by atoms with Crippen LogP contribution in [-0.4, -0.2) is 26.8 Å². The fourth-order valence-electron chi connectivity index (χ4n) is 4.62. The molecule has 1 amide bonds. The molecule has 188 valence electrons. The first-order chi connectivity index (χ1) is 17.0. The maximum absolute atomic E-state index is 14.6. The lowest BCUT2D eigenvalue weighted by Gasteiger charge is -2.18. The van der Waals surface area contributed by atoms with Gasteiger partial charge in [0.25, 0.3) is 0 Å². The van der Waals surface area contributed by atoms with Crippen LogP contribution >= 0.6 is 0 Å². The van der Waals surface area contributed by atoms with Crippen LogP contribution in [0.15, 0.2) is 48.8 Å². The molecule has 2 aliphatic rings. The lowest BCUT2D eigenvalue weighted by molar-refractivity contribution is -0.137. The summed E-state index contributed by atoms with van der Waals surface area (Å²) in [4.78, 5) is 25.1. The number of halogens is 4. The molecule has 2 N–H and O–H groups in total. The molecule has 0 bridgehead atoms. The summed E-state index contributed by atoms with van der Waals surface area (Å²) in [5, 5.41) is 16.8. The number of rotatable bonds is 7. The van der Waals surface area contributed by atoms with Gasteiger partial charge in [-0.15, -0.1) is 0 Å². The molecular formula is C26H23F4N3O3. The minimum absolute atomic E-state index is 0.0445. The number of carboxylic acids is 1. The zero-order valence-corrected chi connectivity index (χ0v) is 19.3. The van der Waals surface area contributed by atoms with E-state index in [1.54, 1.807) is 24.5 Å². The first-order valence-electron chi connectivity index (χ1n) is 11.6. The van der Waals surface area contributed by atoms with E-state index in [4.69, 9.17) is 0 Å². The highest BCUT2D eigenvalue weighted by molar-refractivity contribution is 6.03. The number of carbonyl (C=O) groups excluding carboxylic acids is 1. The van der Waals surface area contributed by atoms with Gasteiger partial charge in [0.15, 0.2) is 0 Å². The van der Waals surface area contributed by atoms with Crippen molar-refractivity contribution in [2.24, 2.45) is 5.92 Å². The second kappa shape index (κ2) is 8.46. The van der Waals surface area contributed by atoms with Crippen molar-refractivity contribution in [3.63, 3.8) is 0 Å². The number of benzene rings is 2. The van der Waals surface area contributed by atoms with E-state index >= 15 is 0 Å². The smallest absolute Gasteiger partial charge is 0.416 e. The van der Waals surface area contributed by atoms with Crippen LogP contribution in [-0.2, 0) is 16.4 Å². The highest BCUT2D eigenvalue weighted by Gasteiger charge is 2.53. The molecule has 2 aliphatic carbocycles. The fourth-order valence-corrected chi connectivity index (χ4v) is 4.62. The number of nitrogens with zero attached hydrogens (tertiary/aromatic N) is 2. The molecule has 0 spiro atoms. The van der Waals surface area contributed by atoms with Gasteiger partial charge in [0, 0.05) is 23.0 Å². The molecular weight excluding hydrogens is 478 g/mol. The average molecular weight is 501 g/mol. The van der Waals surface area contributed by atoms with Crippen LogP contribution in [0.25, 0.3) is 11.1 Å². The number of alkyl halides is 3. The van der Waals surface area contributed by atoms with Crippen LogP contribution in [0.2, 0.25) is 0 Å². The normalized spacial score (nSPS) is 17.5. The molecule has 0 saturated heterocycles. The van der Waals surface area contributed by atoms with Crippen molar-refractivity contribution in [2.45, 2.75) is 50.2 Å². The van der Waals surface area contributed by atoms with Crippen LogP contribution in [0.4, 0.5) is 23.2 Å². The predicted molar refractivity (Wildman–Crippen MR) is 123 cm³/mol. The molecule has 2 saturated carbocycles. The Morgan fingerprint density at radius 2 is 1.89 bits per heavy atom. The van der Waals surface area contributed by atoms with E-state index in [0.717, 1.165) is 25.0 Å². The molecule has 5 rings (SSSR count). The molecule has 0 radical (unpaired) electrons. The molecule has 3 aromatic rings. The molecule has 6 nitrogen and oxygen atoms in total. The van der Waals surface area contributed by atoms with E-state index in [9.17, 15) is 32.3 Å². The first-order valence-corrected chi connectivity index (χ1v) is 11.6. The predicted octanol–water partition coefficient (Wildman–Crippen LogP) is 6.05. The highest BCUT2D eigenvalue weighted by atomic mass is 19.4. The minimum atomic E-state index is -4.69. The van der Waals surface area contributed by atoms with Crippen LogP contribution in [0.1, 0.15) is 60.1 Å². The number of nitrogens with one attached hydrogen (secondary N) is 1. The Kier molecular flexibility index (Phi) is 5.65. The van der Waals surface area contributed by atoms with Crippen molar-refractivity contribution in [1.29, 1.82) is 0 Å². The van der Waals surface area contributed by atoms with E-state index in [0.29, 0.717) is 23.1 Å². The zero-order valence-electron chi connectivity index (χ0n) is 19.3. The van der Waals surface area contributed by atoms with Gasteiger partial charge in [-0.1, -0.05) is 12.1 Å². The van der Waals surface area contributed by atoms with Gasteiger partial charge in [-0.05, 0) is 68.4 Å². The van der Waals surface area contributed by atoms with E-state index in [2.05, 4.69) is 17.3 Å². The number of carboxylic acid groups (broad SMARTS) is 1. The summed E-state index contributed by atoms with van der Waals surface area (Å²) >= 11 is 0. The number of anilines is 1. The van der Waals surface area contributed by atoms with Gasteiger partial charge in [0.2, 0.25) is 5.91 Å².